The van der Waals surface area contributed by atoms with Gasteiger partial charge in [0.2, 0.25) is 0 Å². The number of rotatable bonds is 2. The molecule has 0 fully saturated rings. The monoisotopic (exact) mass is 238 g/mol. The molecule has 3 N–H and O–H groups in total. The van der Waals surface area contributed by atoms with Crippen molar-refractivity contribution in [2.24, 2.45) is 0 Å². The Bertz CT molecular complexity index is 518. The Hall–Kier alpha value is -1.88. The van der Waals surface area contributed by atoms with Gasteiger partial charge in [-0.05, 0) is 18.2 Å². The Balaban J connectivity index is 2.27. The molecule has 16 heavy (non-hydrogen) atoms. The second-order valence-corrected chi connectivity index (χ2v) is 3.51. The zero-order valence-corrected chi connectivity index (χ0v) is 8.87. The van der Waals surface area contributed by atoms with E-state index in [1.54, 1.807) is 6.07 Å². The van der Waals surface area contributed by atoms with Gasteiger partial charge in [0.05, 0.1) is 18.1 Å². The van der Waals surface area contributed by atoms with Gasteiger partial charge in [-0.3, -0.25) is 4.98 Å². The molecule has 1 aromatic carbocycles. The van der Waals surface area contributed by atoms with E-state index in [1.165, 1.54) is 24.5 Å². The summed E-state index contributed by atoms with van der Waals surface area (Å²) < 4.78 is 13.4. The van der Waals surface area contributed by atoms with Gasteiger partial charge >= 0.3 is 0 Å². The third-order valence-electron chi connectivity index (χ3n) is 1.85. The van der Waals surface area contributed by atoms with Crippen LogP contribution in [0.4, 0.5) is 21.7 Å². The molecule has 6 heteroatoms. The highest BCUT2D eigenvalue weighted by Crippen LogP contribution is 2.21. The van der Waals surface area contributed by atoms with E-state index >= 15 is 0 Å². The fraction of sp³-hybridized carbons (Fsp3) is 0. The number of halogens is 2. The van der Waals surface area contributed by atoms with Crippen LogP contribution in [0, 0.1) is 5.82 Å². The van der Waals surface area contributed by atoms with Crippen LogP contribution >= 0.6 is 11.6 Å². The highest BCUT2D eigenvalue weighted by molar-refractivity contribution is 6.30. The largest absolute Gasteiger partial charge is 0.382 e. The summed E-state index contributed by atoms with van der Waals surface area (Å²) in [6.07, 6.45) is 2.85. The van der Waals surface area contributed by atoms with Gasteiger partial charge in [-0.1, -0.05) is 11.6 Å². The summed E-state index contributed by atoms with van der Waals surface area (Å²) in [6.45, 7) is 0. The van der Waals surface area contributed by atoms with Crippen molar-refractivity contribution in [2.45, 2.75) is 0 Å². The number of hydrogen-bond donors (Lipinski definition) is 2. The second kappa shape index (κ2) is 4.32. The van der Waals surface area contributed by atoms with Gasteiger partial charge in [-0.15, -0.1) is 0 Å². The Morgan fingerprint density at radius 1 is 1.31 bits per heavy atom. The third-order valence-corrected chi connectivity index (χ3v) is 2.08. The fourth-order valence-electron chi connectivity index (χ4n) is 1.17. The van der Waals surface area contributed by atoms with Gasteiger partial charge in [0, 0.05) is 5.02 Å². The molecule has 0 aliphatic carbocycles. The molecule has 1 aromatic heterocycles. The topological polar surface area (TPSA) is 63.8 Å². The molecule has 0 saturated heterocycles. The smallest absolute Gasteiger partial charge is 0.151 e. The van der Waals surface area contributed by atoms with Gasteiger partial charge in [-0.25, -0.2) is 9.37 Å². The number of nitrogen functional groups attached to an aromatic ring is 1. The van der Waals surface area contributed by atoms with Gasteiger partial charge < -0.3 is 11.1 Å². The van der Waals surface area contributed by atoms with Crippen LogP contribution < -0.4 is 11.1 Å². The lowest BCUT2D eigenvalue weighted by molar-refractivity contribution is 0.632. The second-order valence-electron chi connectivity index (χ2n) is 3.08. The van der Waals surface area contributed by atoms with E-state index in [2.05, 4.69) is 15.3 Å². The van der Waals surface area contributed by atoms with Crippen LogP contribution in [-0.4, -0.2) is 9.97 Å². The van der Waals surface area contributed by atoms with Crippen molar-refractivity contribution in [1.29, 1.82) is 0 Å². The molecule has 0 bridgehead atoms. The lowest BCUT2D eigenvalue weighted by atomic mass is 10.3. The van der Waals surface area contributed by atoms with Crippen LogP contribution in [0.25, 0.3) is 0 Å². The quantitative estimate of drug-likeness (QED) is 0.844. The van der Waals surface area contributed by atoms with Crippen LogP contribution in [0.15, 0.2) is 30.6 Å². The maximum Gasteiger partial charge on any atom is 0.151 e. The Morgan fingerprint density at radius 2 is 2.12 bits per heavy atom. The van der Waals surface area contributed by atoms with Crippen molar-refractivity contribution in [2.75, 3.05) is 11.1 Å². The summed E-state index contributed by atoms with van der Waals surface area (Å²) >= 11 is 5.63. The molecule has 2 aromatic rings. The average molecular weight is 239 g/mol. The number of aromatic nitrogens is 2. The molecule has 2 rings (SSSR count). The molecule has 0 aliphatic rings. The molecule has 1 heterocycles. The van der Waals surface area contributed by atoms with Gasteiger partial charge in [0.15, 0.2) is 5.82 Å². The normalized spacial score (nSPS) is 10.1. The van der Waals surface area contributed by atoms with E-state index in [0.717, 1.165) is 0 Å². The molecule has 82 valence electrons. The number of benzene rings is 1. The summed E-state index contributed by atoms with van der Waals surface area (Å²) in [5, 5.41) is 3.09. The van der Waals surface area contributed by atoms with Crippen LogP contribution in [-0.2, 0) is 0 Å². The van der Waals surface area contributed by atoms with Gasteiger partial charge in [-0.2, -0.15) is 0 Å². The summed E-state index contributed by atoms with van der Waals surface area (Å²) in [6, 6.07) is 4.30. The molecule has 0 unspecified atom stereocenters. The van der Waals surface area contributed by atoms with Crippen molar-refractivity contribution in [3.8, 4) is 0 Å². The fourth-order valence-corrected chi connectivity index (χ4v) is 1.33. The van der Waals surface area contributed by atoms with Crippen molar-refractivity contribution in [3.05, 3.63) is 41.4 Å². The summed E-state index contributed by atoms with van der Waals surface area (Å²) in [5.74, 6) is 0.178. The highest BCUT2D eigenvalue weighted by atomic mass is 35.5. The lowest BCUT2D eigenvalue weighted by Gasteiger charge is -2.06. The Morgan fingerprint density at radius 3 is 2.81 bits per heavy atom. The van der Waals surface area contributed by atoms with E-state index < -0.39 is 5.82 Å². The predicted molar refractivity (Wildman–Crippen MR) is 61.1 cm³/mol. The van der Waals surface area contributed by atoms with Crippen molar-refractivity contribution in [3.63, 3.8) is 0 Å². The van der Waals surface area contributed by atoms with Crippen molar-refractivity contribution >= 4 is 28.9 Å². The molecule has 0 atom stereocenters. The molecule has 0 amide bonds. The van der Waals surface area contributed by atoms with E-state index in [4.69, 9.17) is 17.3 Å². The first-order chi connectivity index (χ1) is 7.65. The molecule has 4 nitrogen and oxygen atoms in total. The lowest BCUT2D eigenvalue weighted by Crippen LogP contribution is -1.99. The minimum atomic E-state index is -0.461. The Labute approximate surface area is 96.3 Å². The zero-order valence-electron chi connectivity index (χ0n) is 8.11. The van der Waals surface area contributed by atoms with Gasteiger partial charge in [0.1, 0.15) is 11.6 Å². The minimum absolute atomic E-state index is 0.263. The van der Waals surface area contributed by atoms with E-state index in [-0.39, 0.29) is 11.5 Å². The van der Waals surface area contributed by atoms with Crippen LogP contribution in [0.3, 0.4) is 0 Å². The van der Waals surface area contributed by atoms with E-state index in [1.807, 2.05) is 0 Å². The van der Waals surface area contributed by atoms with Crippen LogP contribution in [0.5, 0.6) is 0 Å². The van der Waals surface area contributed by atoms with Crippen LogP contribution in [0.1, 0.15) is 0 Å². The maximum atomic E-state index is 13.4. The molecular formula is C10H8ClFN4. The van der Waals surface area contributed by atoms with Crippen molar-refractivity contribution in [1.82, 2.24) is 9.97 Å². The minimum Gasteiger partial charge on any atom is -0.382 e. The summed E-state index contributed by atoms with van der Waals surface area (Å²) in [5.41, 5.74) is 5.71. The molecular weight excluding hydrogens is 231 g/mol. The first kappa shape index (κ1) is 10.6. The van der Waals surface area contributed by atoms with E-state index in [9.17, 15) is 4.39 Å². The standard InChI is InChI=1S/C10H8ClFN4/c11-6-1-2-8(7(12)3-6)15-10-5-14-4-9(13)16-10/h1-5H,(H3,13,15,16). The number of nitrogens with one attached hydrogen (secondary N) is 1. The van der Waals surface area contributed by atoms with E-state index in [0.29, 0.717) is 10.8 Å². The van der Waals surface area contributed by atoms with Crippen LogP contribution in [0.2, 0.25) is 5.02 Å². The molecule has 0 radical (unpaired) electrons. The highest BCUT2D eigenvalue weighted by Gasteiger charge is 2.04. The SMILES string of the molecule is Nc1cncc(Nc2ccc(Cl)cc2F)n1. The average Bonchev–Trinajstić information content (AvgIpc) is 2.22. The molecule has 0 spiro atoms. The third kappa shape index (κ3) is 2.38. The summed E-state index contributed by atoms with van der Waals surface area (Å²) in [7, 11) is 0. The number of anilines is 3. The predicted octanol–water partition coefficient (Wildman–Crippen LogP) is 2.59. The number of nitrogens with two attached hydrogens (primary N) is 1. The molecule has 0 saturated carbocycles. The maximum absolute atomic E-state index is 13.4. The first-order valence-electron chi connectivity index (χ1n) is 4.45. The number of nitrogens with zero attached hydrogens (tertiary/aromatic N) is 2. The number of hydrogen-bond acceptors (Lipinski definition) is 4. The zero-order chi connectivity index (χ0) is 11.5. The van der Waals surface area contributed by atoms with Gasteiger partial charge in [0.25, 0.3) is 0 Å². The summed E-state index contributed by atoms with van der Waals surface area (Å²) in [4.78, 5) is 7.77. The Kier molecular flexibility index (Phi) is 2.87. The van der Waals surface area contributed by atoms with Crippen molar-refractivity contribution < 1.29 is 4.39 Å². The molecule has 0 aliphatic heterocycles. The first-order valence-corrected chi connectivity index (χ1v) is 4.82.